The molecule has 1 saturated carbocycles. The molecule has 0 bridgehead atoms. The predicted molar refractivity (Wildman–Crippen MR) is 68.8 cm³/mol. The van der Waals surface area contributed by atoms with Crippen LogP contribution in [-0.2, 0) is 0 Å². The smallest absolute Gasteiger partial charge is 0.0218 e. The highest BCUT2D eigenvalue weighted by atomic mass is 15.3. The number of nitrogens with zero attached hydrogens (tertiary/aromatic N) is 2. The van der Waals surface area contributed by atoms with Crippen LogP contribution in [0.3, 0.4) is 0 Å². The van der Waals surface area contributed by atoms with Crippen molar-refractivity contribution < 1.29 is 0 Å². The van der Waals surface area contributed by atoms with E-state index in [0.717, 1.165) is 18.1 Å². The van der Waals surface area contributed by atoms with Crippen LogP contribution in [0.5, 0.6) is 0 Å². The van der Waals surface area contributed by atoms with Gasteiger partial charge in [-0.25, -0.2) is 0 Å². The summed E-state index contributed by atoms with van der Waals surface area (Å²) in [5.74, 6) is 0. The number of hydrogen-bond acceptors (Lipinski definition) is 3. The molecule has 0 amide bonds. The fourth-order valence-electron chi connectivity index (χ4n) is 3.29. The molecule has 2 fully saturated rings. The van der Waals surface area contributed by atoms with E-state index in [9.17, 15) is 0 Å². The van der Waals surface area contributed by atoms with Gasteiger partial charge in [0.05, 0.1) is 0 Å². The molecule has 1 heterocycles. The van der Waals surface area contributed by atoms with Gasteiger partial charge in [-0.3, -0.25) is 4.90 Å². The highest BCUT2D eigenvalue weighted by Gasteiger charge is 2.32. The van der Waals surface area contributed by atoms with Crippen molar-refractivity contribution >= 4 is 0 Å². The van der Waals surface area contributed by atoms with E-state index in [4.69, 9.17) is 0 Å². The van der Waals surface area contributed by atoms with Crippen LogP contribution in [0.2, 0.25) is 0 Å². The van der Waals surface area contributed by atoms with Gasteiger partial charge in [-0.1, -0.05) is 6.92 Å². The molecule has 3 unspecified atom stereocenters. The first-order valence-corrected chi connectivity index (χ1v) is 6.86. The summed E-state index contributed by atoms with van der Waals surface area (Å²) in [5, 5.41) is 3.43. The van der Waals surface area contributed by atoms with Gasteiger partial charge in [-0.2, -0.15) is 0 Å². The molecule has 0 spiro atoms. The van der Waals surface area contributed by atoms with Crippen molar-refractivity contribution in [2.24, 2.45) is 0 Å². The SMILES string of the molecule is CCC1CN(C2CCC(NC)C2)CCN1C. The third-order valence-corrected chi connectivity index (χ3v) is 4.61. The zero-order chi connectivity index (χ0) is 11.5. The first-order valence-electron chi connectivity index (χ1n) is 6.86. The number of nitrogens with one attached hydrogen (secondary N) is 1. The van der Waals surface area contributed by atoms with Crippen LogP contribution in [-0.4, -0.2) is 61.7 Å². The molecule has 3 heteroatoms. The second kappa shape index (κ2) is 5.48. The lowest BCUT2D eigenvalue weighted by Crippen LogP contribution is -2.53. The van der Waals surface area contributed by atoms with Gasteiger partial charge < -0.3 is 10.2 Å². The Bertz CT molecular complexity index is 219. The summed E-state index contributed by atoms with van der Waals surface area (Å²) in [7, 11) is 4.38. The zero-order valence-electron chi connectivity index (χ0n) is 11.1. The summed E-state index contributed by atoms with van der Waals surface area (Å²) in [6.07, 6.45) is 5.40. The van der Waals surface area contributed by atoms with Crippen molar-refractivity contribution in [2.75, 3.05) is 33.7 Å². The largest absolute Gasteiger partial charge is 0.317 e. The van der Waals surface area contributed by atoms with E-state index >= 15 is 0 Å². The molecule has 1 saturated heterocycles. The molecule has 2 aliphatic rings. The quantitative estimate of drug-likeness (QED) is 0.777. The van der Waals surface area contributed by atoms with Crippen LogP contribution in [0.25, 0.3) is 0 Å². The third kappa shape index (κ3) is 2.58. The Balaban J connectivity index is 1.86. The van der Waals surface area contributed by atoms with Gasteiger partial charge in [0.25, 0.3) is 0 Å². The van der Waals surface area contributed by atoms with Crippen LogP contribution in [0.15, 0.2) is 0 Å². The molecule has 3 atom stereocenters. The summed E-state index contributed by atoms with van der Waals surface area (Å²) in [6, 6.07) is 2.40. The molecule has 16 heavy (non-hydrogen) atoms. The molecule has 1 aliphatic heterocycles. The molecule has 94 valence electrons. The van der Waals surface area contributed by atoms with Gasteiger partial charge in [-0.15, -0.1) is 0 Å². The molecule has 1 N–H and O–H groups in total. The zero-order valence-corrected chi connectivity index (χ0v) is 11.1. The van der Waals surface area contributed by atoms with Crippen molar-refractivity contribution in [3.05, 3.63) is 0 Å². The fraction of sp³-hybridized carbons (Fsp3) is 1.00. The van der Waals surface area contributed by atoms with Crippen molar-refractivity contribution in [1.29, 1.82) is 0 Å². The second-order valence-corrected chi connectivity index (χ2v) is 5.49. The number of rotatable bonds is 3. The molecule has 0 aromatic heterocycles. The van der Waals surface area contributed by atoms with Crippen molar-refractivity contribution in [3.63, 3.8) is 0 Å². The highest BCUT2D eigenvalue weighted by Crippen LogP contribution is 2.26. The maximum atomic E-state index is 3.43. The average Bonchev–Trinajstić information content (AvgIpc) is 2.78. The van der Waals surface area contributed by atoms with Gasteiger partial charge in [0.1, 0.15) is 0 Å². The molecule has 0 radical (unpaired) electrons. The van der Waals surface area contributed by atoms with E-state index in [-0.39, 0.29) is 0 Å². The molecule has 0 aromatic rings. The van der Waals surface area contributed by atoms with Crippen molar-refractivity contribution in [1.82, 2.24) is 15.1 Å². The van der Waals surface area contributed by atoms with Crippen molar-refractivity contribution in [3.8, 4) is 0 Å². The highest BCUT2D eigenvalue weighted by molar-refractivity contribution is 4.90. The lowest BCUT2D eigenvalue weighted by molar-refractivity contribution is 0.0635. The van der Waals surface area contributed by atoms with Gasteiger partial charge in [0.2, 0.25) is 0 Å². The number of piperazine rings is 1. The van der Waals surface area contributed by atoms with Crippen molar-refractivity contribution in [2.45, 2.75) is 50.7 Å². The molecular weight excluding hydrogens is 198 g/mol. The monoisotopic (exact) mass is 225 g/mol. The van der Waals surface area contributed by atoms with E-state index in [1.54, 1.807) is 0 Å². The summed E-state index contributed by atoms with van der Waals surface area (Å²) in [4.78, 5) is 5.27. The summed E-state index contributed by atoms with van der Waals surface area (Å²) >= 11 is 0. The molecule has 2 rings (SSSR count). The standard InChI is InChI=1S/C13H27N3/c1-4-12-10-16(8-7-15(12)3)13-6-5-11(9-13)14-2/h11-14H,4-10H2,1-3H3. The van der Waals surface area contributed by atoms with E-state index in [0.29, 0.717) is 0 Å². The minimum absolute atomic E-state index is 0.768. The molecule has 1 aliphatic carbocycles. The average molecular weight is 225 g/mol. The minimum Gasteiger partial charge on any atom is -0.317 e. The summed E-state index contributed by atoms with van der Waals surface area (Å²) < 4.78 is 0. The maximum Gasteiger partial charge on any atom is 0.0218 e. The Kier molecular flexibility index (Phi) is 4.22. The lowest BCUT2D eigenvalue weighted by Gasteiger charge is -2.42. The lowest BCUT2D eigenvalue weighted by atomic mass is 10.1. The Labute approximate surface area is 100 Å². The fourth-order valence-corrected chi connectivity index (χ4v) is 3.29. The Morgan fingerprint density at radius 3 is 2.69 bits per heavy atom. The Morgan fingerprint density at radius 2 is 2.06 bits per heavy atom. The molecular formula is C13H27N3. The van der Waals surface area contributed by atoms with Gasteiger partial charge in [0.15, 0.2) is 0 Å². The summed E-state index contributed by atoms with van der Waals surface area (Å²) in [6.45, 7) is 6.12. The van der Waals surface area contributed by atoms with Gasteiger partial charge in [-0.05, 0) is 39.8 Å². The van der Waals surface area contributed by atoms with Crippen LogP contribution in [0, 0.1) is 0 Å². The van der Waals surface area contributed by atoms with Crippen LogP contribution < -0.4 is 5.32 Å². The maximum absolute atomic E-state index is 3.43. The van der Waals surface area contributed by atoms with E-state index in [2.05, 4.69) is 36.1 Å². The first kappa shape index (κ1) is 12.3. The topological polar surface area (TPSA) is 18.5 Å². The predicted octanol–water partition coefficient (Wildman–Crippen LogP) is 1.15. The second-order valence-electron chi connectivity index (χ2n) is 5.49. The normalized spacial score (nSPS) is 38.1. The number of hydrogen-bond donors (Lipinski definition) is 1. The Morgan fingerprint density at radius 1 is 1.25 bits per heavy atom. The molecule has 3 nitrogen and oxygen atoms in total. The number of likely N-dealkylation sites (N-methyl/N-ethyl adjacent to an activating group) is 1. The summed E-state index contributed by atoms with van der Waals surface area (Å²) in [5.41, 5.74) is 0. The molecule has 0 aromatic carbocycles. The van der Waals surface area contributed by atoms with E-state index in [1.807, 2.05) is 0 Å². The van der Waals surface area contributed by atoms with Crippen LogP contribution in [0.4, 0.5) is 0 Å². The Hall–Kier alpha value is -0.120. The minimum atomic E-state index is 0.768. The van der Waals surface area contributed by atoms with E-state index < -0.39 is 0 Å². The first-order chi connectivity index (χ1) is 7.74. The van der Waals surface area contributed by atoms with E-state index in [1.165, 1.54) is 45.3 Å². The third-order valence-electron chi connectivity index (χ3n) is 4.61. The van der Waals surface area contributed by atoms with Crippen LogP contribution >= 0.6 is 0 Å². The van der Waals surface area contributed by atoms with Crippen LogP contribution in [0.1, 0.15) is 32.6 Å². The van der Waals surface area contributed by atoms with Gasteiger partial charge >= 0.3 is 0 Å². The van der Waals surface area contributed by atoms with Gasteiger partial charge in [0, 0.05) is 37.8 Å².